The van der Waals surface area contributed by atoms with Crippen molar-refractivity contribution in [1.29, 1.82) is 0 Å². The average Bonchev–Trinajstić information content (AvgIpc) is 3.93. The van der Waals surface area contributed by atoms with Crippen LogP contribution in [0.15, 0.2) is 42.5 Å². The largest absolute Gasteiger partial charge is 0.491 e. The number of nitrogens with two attached hydrogens (primary N) is 1. The van der Waals surface area contributed by atoms with Crippen molar-refractivity contribution in [2.45, 2.75) is 67.0 Å². The maximum atomic E-state index is 13.7. The van der Waals surface area contributed by atoms with E-state index < -0.39 is 12.2 Å². The Morgan fingerprint density at radius 2 is 1.63 bits per heavy atom. The second-order valence-electron chi connectivity index (χ2n) is 13.4. The molecule has 0 spiro atoms. The number of hydrogen-bond acceptors (Lipinski definition) is 11. The van der Waals surface area contributed by atoms with Crippen LogP contribution in [0.3, 0.4) is 0 Å². The Morgan fingerprint density at radius 1 is 0.963 bits per heavy atom. The van der Waals surface area contributed by atoms with Crippen molar-refractivity contribution in [3.63, 3.8) is 0 Å². The van der Waals surface area contributed by atoms with Gasteiger partial charge in [0.1, 0.15) is 33.2 Å². The van der Waals surface area contributed by atoms with Crippen LogP contribution < -0.4 is 31.3 Å². The van der Waals surface area contributed by atoms with Crippen molar-refractivity contribution >= 4 is 56.7 Å². The molecule has 4 aromatic heterocycles. The zero-order valence-electron chi connectivity index (χ0n) is 31.8. The van der Waals surface area contributed by atoms with Gasteiger partial charge >= 0.3 is 0 Å². The van der Waals surface area contributed by atoms with Gasteiger partial charge in [-0.2, -0.15) is 10.2 Å². The van der Waals surface area contributed by atoms with E-state index in [0.717, 1.165) is 47.0 Å². The molecular weight excluding hydrogens is 709 g/mol. The summed E-state index contributed by atoms with van der Waals surface area (Å²) in [5, 5.41) is 18.5. The van der Waals surface area contributed by atoms with Crippen molar-refractivity contribution < 1.29 is 19.1 Å². The minimum Gasteiger partial charge on any atom is -0.491 e. The number of benzene rings is 1. The van der Waals surface area contributed by atoms with Crippen LogP contribution in [0.5, 0.6) is 5.75 Å². The summed E-state index contributed by atoms with van der Waals surface area (Å²) in [5.74, 6) is -0.106. The highest BCUT2D eigenvalue weighted by molar-refractivity contribution is 7.20. The first-order valence-electron chi connectivity index (χ1n) is 18.0. The standard InChI is InChI=1S/C37H48N12O4S/c1-8-48-27(19-23(4)43-48)33(51)41-36-39-25-17-22(3)18-29(53-16-12-13-45(6)7)31(25)46(36)14-10-11-15-47-35-26(21-30(54-35)32(38)50)40-37(47)42-34(52)28-20-24(5)44-49(28)9-2/h10-11,17-21,36,39H,8-9,12-16H2,1-7H3,(H2,38,50)(H,41,51)(H,40,42,52)/b11-10+. The van der Waals surface area contributed by atoms with E-state index in [-0.39, 0.29) is 11.8 Å². The lowest BCUT2D eigenvalue weighted by Crippen LogP contribution is -2.50. The SMILES string of the molecule is CCn1nc(C)cc1C(=O)Nc1nc2cc(C(N)=O)sc2n1C/C=C/CN1c2c(cc(C)cc2OCCCN(C)C)NC1NC(=O)c1cc(C)nn1CC. The lowest BCUT2D eigenvalue weighted by Gasteiger charge is -2.27. The molecule has 1 aromatic carbocycles. The third-order valence-electron chi connectivity index (χ3n) is 8.90. The van der Waals surface area contributed by atoms with Crippen LogP contribution in [0.4, 0.5) is 17.3 Å². The summed E-state index contributed by atoms with van der Waals surface area (Å²) in [6.45, 7) is 12.8. The number of rotatable bonds is 16. The molecule has 1 aliphatic rings. The molecule has 1 aliphatic heterocycles. The number of carbonyl (C=O) groups is 3. The fourth-order valence-electron chi connectivity index (χ4n) is 6.46. The second kappa shape index (κ2) is 16.1. The third-order valence-corrected chi connectivity index (χ3v) is 10.1. The monoisotopic (exact) mass is 756 g/mol. The van der Waals surface area contributed by atoms with Crippen LogP contribution >= 0.6 is 11.3 Å². The molecule has 3 amide bonds. The van der Waals surface area contributed by atoms with Crippen LogP contribution in [0.2, 0.25) is 0 Å². The van der Waals surface area contributed by atoms with Crippen molar-refractivity contribution in [2.24, 2.45) is 5.73 Å². The molecule has 286 valence electrons. The number of nitrogens with zero attached hydrogens (tertiary/aromatic N) is 8. The van der Waals surface area contributed by atoms with Gasteiger partial charge in [-0.3, -0.25) is 33.6 Å². The highest BCUT2D eigenvalue weighted by Crippen LogP contribution is 2.43. The van der Waals surface area contributed by atoms with Crippen molar-refractivity contribution in [3.05, 3.63) is 75.7 Å². The topological polar surface area (TPSA) is 182 Å². The van der Waals surface area contributed by atoms with E-state index in [4.69, 9.17) is 10.5 Å². The Balaban J connectivity index is 1.29. The van der Waals surface area contributed by atoms with Crippen LogP contribution in [0, 0.1) is 20.8 Å². The Morgan fingerprint density at radius 3 is 2.28 bits per heavy atom. The van der Waals surface area contributed by atoms with Gasteiger partial charge < -0.3 is 30.9 Å². The van der Waals surface area contributed by atoms with E-state index in [0.29, 0.717) is 65.3 Å². The van der Waals surface area contributed by atoms with Crippen LogP contribution in [-0.4, -0.2) is 91.8 Å². The predicted octanol–water partition coefficient (Wildman–Crippen LogP) is 4.34. The van der Waals surface area contributed by atoms with Crippen LogP contribution in [0.25, 0.3) is 10.3 Å². The molecule has 5 heterocycles. The summed E-state index contributed by atoms with van der Waals surface area (Å²) >= 11 is 1.21. The molecule has 16 nitrogen and oxygen atoms in total. The second-order valence-corrected chi connectivity index (χ2v) is 14.5. The number of hydrogen-bond donors (Lipinski definition) is 4. The van der Waals surface area contributed by atoms with Gasteiger partial charge in [-0.15, -0.1) is 11.3 Å². The number of aryl methyl sites for hydroxylation is 5. The molecule has 0 fully saturated rings. The van der Waals surface area contributed by atoms with Gasteiger partial charge in [0.05, 0.1) is 28.6 Å². The molecule has 0 bridgehead atoms. The molecular formula is C37H48N12O4S. The van der Waals surface area contributed by atoms with Gasteiger partial charge in [0.2, 0.25) is 5.95 Å². The molecule has 5 aromatic rings. The Hall–Kier alpha value is -5.68. The number of anilines is 3. The van der Waals surface area contributed by atoms with Gasteiger partial charge in [-0.1, -0.05) is 12.2 Å². The summed E-state index contributed by atoms with van der Waals surface area (Å²) in [6.07, 6.45) is 4.20. The Bertz CT molecular complexity index is 2210. The smallest absolute Gasteiger partial charge is 0.276 e. The average molecular weight is 757 g/mol. The molecule has 54 heavy (non-hydrogen) atoms. The number of thiophene rings is 1. The maximum absolute atomic E-state index is 13.7. The number of nitrogens with one attached hydrogen (secondary N) is 3. The molecule has 0 radical (unpaired) electrons. The van der Waals surface area contributed by atoms with Crippen molar-refractivity contribution in [1.82, 2.24) is 39.3 Å². The number of imidazole rings is 1. The predicted molar refractivity (Wildman–Crippen MR) is 211 cm³/mol. The molecule has 0 aliphatic carbocycles. The number of aromatic nitrogens is 6. The summed E-state index contributed by atoms with van der Waals surface area (Å²) in [6, 6.07) is 9.20. The summed E-state index contributed by atoms with van der Waals surface area (Å²) in [5.41, 5.74) is 11.2. The molecule has 1 atom stereocenters. The molecule has 5 N–H and O–H groups in total. The zero-order chi connectivity index (χ0) is 38.7. The number of amides is 3. The first-order chi connectivity index (χ1) is 25.9. The fourth-order valence-corrected chi connectivity index (χ4v) is 7.42. The van der Waals surface area contributed by atoms with E-state index in [9.17, 15) is 14.4 Å². The third kappa shape index (κ3) is 8.11. The highest BCUT2D eigenvalue weighted by Gasteiger charge is 2.33. The number of fused-ring (bicyclic) bond motifs is 2. The summed E-state index contributed by atoms with van der Waals surface area (Å²) < 4.78 is 11.5. The summed E-state index contributed by atoms with van der Waals surface area (Å²) in [4.78, 5) is 49.0. The molecule has 6 rings (SSSR count). The van der Waals surface area contributed by atoms with Gasteiger partial charge in [-0.25, -0.2) is 4.98 Å². The first-order valence-corrected chi connectivity index (χ1v) is 18.8. The molecule has 1 unspecified atom stereocenters. The molecule has 0 saturated heterocycles. The quantitative estimate of drug-likeness (QED) is 0.0835. The maximum Gasteiger partial charge on any atom is 0.276 e. The number of ether oxygens (including phenoxy) is 1. The minimum atomic E-state index is -0.597. The first kappa shape index (κ1) is 38.1. The van der Waals surface area contributed by atoms with Crippen molar-refractivity contribution in [2.75, 3.05) is 49.3 Å². The van der Waals surface area contributed by atoms with E-state index in [1.54, 1.807) is 27.6 Å². The van der Waals surface area contributed by atoms with Crippen molar-refractivity contribution in [3.8, 4) is 5.75 Å². The van der Waals surface area contributed by atoms with Crippen LogP contribution in [0.1, 0.15) is 67.9 Å². The van der Waals surface area contributed by atoms with Crippen LogP contribution in [-0.2, 0) is 19.6 Å². The van der Waals surface area contributed by atoms with Gasteiger partial charge in [0.15, 0.2) is 6.29 Å². The highest BCUT2D eigenvalue weighted by atomic mass is 32.1. The number of allylic oxidation sites excluding steroid dienone is 1. The van der Waals surface area contributed by atoms with E-state index in [2.05, 4.69) is 40.9 Å². The molecule has 17 heteroatoms. The van der Waals surface area contributed by atoms with E-state index in [1.165, 1.54) is 11.3 Å². The number of primary amides is 1. The van der Waals surface area contributed by atoms with E-state index >= 15 is 0 Å². The van der Waals surface area contributed by atoms with Gasteiger partial charge in [-0.05, 0) is 91.0 Å². The lowest BCUT2D eigenvalue weighted by atomic mass is 10.1. The molecule has 0 saturated carbocycles. The van der Waals surface area contributed by atoms with E-state index in [1.807, 2.05) is 77.6 Å². The Labute approximate surface area is 317 Å². The van der Waals surface area contributed by atoms with Gasteiger partial charge in [0, 0.05) is 32.7 Å². The number of carbonyl (C=O) groups excluding carboxylic acids is 3. The normalized spacial score (nSPS) is 13.9. The van der Waals surface area contributed by atoms with Gasteiger partial charge in [0.25, 0.3) is 17.7 Å². The minimum absolute atomic E-state index is 0.259. The lowest BCUT2D eigenvalue weighted by molar-refractivity contribution is 0.0929. The Kier molecular flexibility index (Phi) is 11.4. The fraction of sp³-hybridized carbons (Fsp3) is 0.405. The zero-order valence-corrected chi connectivity index (χ0v) is 32.6. The summed E-state index contributed by atoms with van der Waals surface area (Å²) in [7, 11) is 4.07.